The fourth-order valence-electron chi connectivity index (χ4n) is 2.15. The highest BCUT2D eigenvalue weighted by Crippen LogP contribution is 2.28. The Morgan fingerprint density at radius 2 is 2.00 bits per heavy atom. The summed E-state index contributed by atoms with van der Waals surface area (Å²) < 4.78 is 23.5. The van der Waals surface area contributed by atoms with Crippen LogP contribution in [0, 0.1) is 0 Å². The Balaban J connectivity index is 2.14. The van der Waals surface area contributed by atoms with Gasteiger partial charge >= 0.3 is 0 Å². The Morgan fingerprint density at radius 1 is 1.26 bits per heavy atom. The van der Waals surface area contributed by atoms with Crippen molar-refractivity contribution >= 4 is 27.1 Å². The van der Waals surface area contributed by atoms with E-state index in [-0.39, 0.29) is 30.5 Å². The first kappa shape index (κ1) is 13.9. The zero-order chi connectivity index (χ0) is 13.9. The van der Waals surface area contributed by atoms with E-state index in [9.17, 15) is 13.2 Å². The number of fused-ring (bicyclic) bond motifs is 1. The molecule has 1 heterocycles. The van der Waals surface area contributed by atoms with E-state index in [2.05, 4.69) is 5.32 Å². The topological polar surface area (TPSA) is 66.5 Å². The van der Waals surface area contributed by atoms with Crippen LogP contribution in [-0.4, -0.2) is 38.9 Å². The predicted octanol–water partition coefficient (Wildman–Crippen LogP) is 1.27. The van der Waals surface area contributed by atoms with E-state index in [1.54, 1.807) is 4.90 Å². The van der Waals surface area contributed by atoms with Gasteiger partial charge in [0.05, 0.1) is 23.7 Å². The molecule has 0 aromatic heterocycles. The van der Waals surface area contributed by atoms with Gasteiger partial charge in [-0.2, -0.15) is 0 Å². The summed E-state index contributed by atoms with van der Waals surface area (Å²) in [6.45, 7) is 2.27. The Bertz CT molecular complexity index is 569. The molecule has 1 aliphatic rings. The number of para-hydroxylation sites is 2. The monoisotopic (exact) mass is 282 g/mol. The second-order valence-corrected chi connectivity index (χ2v) is 6.87. The average molecular weight is 282 g/mol. The molecule has 19 heavy (non-hydrogen) atoms. The first-order valence-corrected chi connectivity index (χ1v) is 8.19. The minimum atomic E-state index is -3.07. The van der Waals surface area contributed by atoms with Crippen molar-refractivity contribution in [1.82, 2.24) is 0 Å². The van der Waals surface area contributed by atoms with Crippen molar-refractivity contribution in [3.8, 4) is 0 Å². The molecule has 1 aromatic rings. The zero-order valence-corrected chi connectivity index (χ0v) is 11.7. The minimum Gasteiger partial charge on any atom is -0.374 e. The summed E-state index contributed by atoms with van der Waals surface area (Å²) in [7, 11) is -3.07. The van der Waals surface area contributed by atoms with Crippen LogP contribution in [0.2, 0.25) is 0 Å². The highest BCUT2D eigenvalue weighted by Gasteiger charge is 2.24. The average Bonchev–Trinajstić information content (AvgIpc) is 2.37. The van der Waals surface area contributed by atoms with Crippen molar-refractivity contribution in [2.24, 2.45) is 0 Å². The molecule has 0 radical (unpaired) electrons. The number of carbonyl (C=O) groups is 1. The number of hydrogen-bond acceptors (Lipinski definition) is 4. The van der Waals surface area contributed by atoms with Gasteiger partial charge in [0.25, 0.3) is 0 Å². The molecule has 0 unspecified atom stereocenters. The summed E-state index contributed by atoms with van der Waals surface area (Å²) in [5.41, 5.74) is 1.63. The van der Waals surface area contributed by atoms with Gasteiger partial charge in [-0.15, -0.1) is 0 Å². The molecule has 1 aromatic carbocycles. The van der Waals surface area contributed by atoms with Crippen molar-refractivity contribution in [1.29, 1.82) is 0 Å². The van der Waals surface area contributed by atoms with E-state index in [4.69, 9.17) is 0 Å². The molecule has 2 rings (SSSR count). The molecule has 5 nitrogen and oxygen atoms in total. The van der Waals surface area contributed by atoms with Gasteiger partial charge in [0.2, 0.25) is 5.91 Å². The Hall–Kier alpha value is -1.56. The number of sulfone groups is 1. The van der Waals surface area contributed by atoms with Gasteiger partial charge in [0.15, 0.2) is 9.84 Å². The first-order chi connectivity index (χ1) is 9.03. The number of carbonyl (C=O) groups excluding carboxylic acids is 1. The number of hydrogen-bond donors (Lipinski definition) is 1. The summed E-state index contributed by atoms with van der Waals surface area (Å²) >= 11 is 0. The van der Waals surface area contributed by atoms with E-state index in [0.29, 0.717) is 6.42 Å². The first-order valence-electron chi connectivity index (χ1n) is 6.37. The molecule has 6 heteroatoms. The minimum absolute atomic E-state index is 0.0148. The summed E-state index contributed by atoms with van der Waals surface area (Å²) in [5, 5.41) is 3.02. The van der Waals surface area contributed by atoms with Gasteiger partial charge in [-0.1, -0.05) is 19.1 Å². The van der Waals surface area contributed by atoms with Gasteiger partial charge in [0, 0.05) is 12.3 Å². The van der Waals surface area contributed by atoms with Crippen molar-refractivity contribution < 1.29 is 13.2 Å². The molecule has 0 saturated carbocycles. The van der Waals surface area contributed by atoms with Gasteiger partial charge < -0.3 is 10.2 Å². The molecular weight excluding hydrogens is 264 g/mol. The number of amides is 1. The smallest absolute Gasteiger partial charge is 0.246 e. The van der Waals surface area contributed by atoms with Gasteiger partial charge in [-0.25, -0.2) is 8.42 Å². The van der Waals surface area contributed by atoms with E-state index in [1.165, 1.54) is 0 Å². The van der Waals surface area contributed by atoms with Crippen LogP contribution in [0.3, 0.4) is 0 Å². The van der Waals surface area contributed by atoms with E-state index in [0.717, 1.165) is 11.4 Å². The fourth-order valence-corrected chi connectivity index (χ4v) is 3.43. The maximum absolute atomic E-state index is 11.9. The molecule has 1 amide bonds. The Labute approximate surface area is 113 Å². The van der Waals surface area contributed by atoms with Crippen LogP contribution in [0.1, 0.15) is 13.3 Å². The summed E-state index contributed by atoms with van der Waals surface area (Å²) in [6.07, 6.45) is 0.606. The third-order valence-electron chi connectivity index (χ3n) is 3.07. The van der Waals surface area contributed by atoms with E-state index in [1.807, 2.05) is 31.2 Å². The normalized spacial score (nSPS) is 15.0. The number of anilines is 2. The molecule has 0 fully saturated rings. The van der Waals surface area contributed by atoms with Crippen LogP contribution in [0.15, 0.2) is 24.3 Å². The van der Waals surface area contributed by atoms with Gasteiger partial charge in [-0.3, -0.25) is 4.79 Å². The van der Waals surface area contributed by atoms with Gasteiger partial charge in [-0.05, 0) is 18.6 Å². The Morgan fingerprint density at radius 3 is 2.74 bits per heavy atom. The molecule has 1 N–H and O–H groups in total. The Kier molecular flexibility index (Phi) is 4.09. The van der Waals surface area contributed by atoms with Crippen LogP contribution in [-0.2, 0) is 14.6 Å². The second-order valence-electron chi connectivity index (χ2n) is 4.57. The van der Waals surface area contributed by atoms with E-state index < -0.39 is 9.84 Å². The number of nitrogens with one attached hydrogen (secondary N) is 1. The summed E-state index contributed by atoms with van der Waals surface area (Å²) in [4.78, 5) is 13.5. The standard InChI is InChI=1S/C13H18N2O3S/c1-2-8-19(17,18)9-7-15-12-6-4-3-5-11(12)14-10-13(15)16/h3-6,14H,2,7-10H2,1H3. The molecular formula is C13H18N2O3S. The largest absolute Gasteiger partial charge is 0.374 e. The lowest BCUT2D eigenvalue weighted by molar-refractivity contribution is -0.117. The van der Waals surface area contributed by atoms with Crippen LogP contribution < -0.4 is 10.2 Å². The van der Waals surface area contributed by atoms with Crippen molar-refractivity contribution in [3.05, 3.63) is 24.3 Å². The van der Waals surface area contributed by atoms with Crippen LogP contribution in [0.5, 0.6) is 0 Å². The SMILES string of the molecule is CCCS(=O)(=O)CCN1C(=O)CNc2ccccc21. The molecule has 0 atom stereocenters. The summed E-state index contributed by atoms with van der Waals surface area (Å²) in [5.74, 6) is 0.0981. The molecule has 104 valence electrons. The fraction of sp³-hybridized carbons (Fsp3) is 0.462. The highest BCUT2D eigenvalue weighted by molar-refractivity contribution is 7.91. The van der Waals surface area contributed by atoms with Crippen molar-refractivity contribution in [2.75, 3.05) is 34.8 Å². The number of rotatable bonds is 5. The van der Waals surface area contributed by atoms with Crippen LogP contribution in [0.25, 0.3) is 0 Å². The van der Waals surface area contributed by atoms with Crippen molar-refractivity contribution in [2.45, 2.75) is 13.3 Å². The zero-order valence-electron chi connectivity index (χ0n) is 10.9. The molecule has 0 spiro atoms. The molecule has 0 aliphatic carbocycles. The highest BCUT2D eigenvalue weighted by atomic mass is 32.2. The van der Waals surface area contributed by atoms with Gasteiger partial charge in [0.1, 0.15) is 0 Å². The molecule has 0 saturated heterocycles. The quantitative estimate of drug-likeness (QED) is 0.883. The van der Waals surface area contributed by atoms with E-state index >= 15 is 0 Å². The molecule has 0 bridgehead atoms. The van der Waals surface area contributed by atoms with Crippen molar-refractivity contribution in [3.63, 3.8) is 0 Å². The summed E-state index contributed by atoms with van der Waals surface area (Å²) in [6, 6.07) is 7.43. The maximum Gasteiger partial charge on any atom is 0.246 e. The second kappa shape index (κ2) is 5.61. The molecule has 1 aliphatic heterocycles. The number of nitrogens with zero attached hydrogens (tertiary/aromatic N) is 1. The third-order valence-corrected chi connectivity index (χ3v) is 4.90. The number of benzene rings is 1. The lowest BCUT2D eigenvalue weighted by atomic mass is 10.2. The lowest BCUT2D eigenvalue weighted by Crippen LogP contribution is -2.42. The third kappa shape index (κ3) is 3.26. The van der Waals surface area contributed by atoms with Crippen LogP contribution >= 0.6 is 0 Å². The predicted molar refractivity (Wildman–Crippen MR) is 76.2 cm³/mol. The lowest BCUT2D eigenvalue weighted by Gasteiger charge is -2.30. The maximum atomic E-state index is 11.9. The van der Waals surface area contributed by atoms with Crippen LogP contribution in [0.4, 0.5) is 11.4 Å².